The van der Waals surface area contributed by atoms with Crippen molar-refractivity contribution < 1.29 is 19.7 Å². The van der Waals surface area contributed by atoms with Gasteiger partial charge in [-0.05, 0) is 6.07 Å². The van der Waals surface area contributed by atoms with E-state index in [0.717, 1.165) is 0 Å². The third-order valence-corrected chi connectivity index (χ3v) is 2.75. The third kappa shape index (κ3) is 2.68. The quantitative estimate of drug-likeness (QED) is 0.822. The lowest BCUT2D eigenvalue weighted by molar-refractivity contribution is 0.117. The number of benzene rings is 1. The number of aromatic hydroxyl groups is 1. The second-order valence-corrected chi connectivity index (χ2v) is 4.03. The number of carbonyl (C=O) groups excluding carboxylic acids is 1. The summed E-state index contributed by atoms with van der Waals surface area (Å²) in [4.78, 5) is 13.0. The molecule has 1 aliphatic heterocycles. The summed E-state index contributed by atoms with van der Waals surface area (Å²) in [5.41, 5.74) is 0.689. The van der Waals surface area contributed by atoms with E-state index in [1.165, 1.54) is 4.90 Å². The topological polar surface area (TPSA) is 70.0 Å². The fourth-order valence-electron chi connectivity index (χ4n) is 1.85. The molecule has 1 aliphatic rings. The molecule has 0 bridgehead atoms. The van der Waals surface area contributed by atoms with Gasteiger partial charge in [0, 0.05) is 18.6 Å². The van der Waals surface area contributed by atoms with E-state index in [1.807, 2.05) is 6.07 Å². The summed E-state index contributed by atoms with van der Waals surface area (Å²) in [6.45, 7) is 0.781. The van der Waals surface area contributed by atoms with Crippen LogP contribution < -0.4 is 0 Å². The molecular formula is C12H15NO4. The van der Waals surface area contributed by atoms with Crippen LogP contribution >= 0.6 is 0 Å². The molecule has 0 spiro atoms. The number of phenols is 1. The number of hydrogen-bond acceptors (Lipinski definition) is 4. The lowest BCUT2D eigenvalue weighted by atomic mass is 10.2. The van der Waals surface area contributed by atoms with Gasteiger partial charge in [0.05, 0.1) is 13.1 Å². The van der Waals surface area contributed by atoms with Gasteiger partial charge >= 0.3 is 6.09 Å². The van der Waals surface area contributed by atoms with E-state index in [0.29, 0.717) is 25.1 Å². The van der Waals surface area contributed by atoms with E-state index in [-0.39, 0.29) is 18.5 Å². The Morgan fingerprint density at radius 2 is 2.18 bits per heavy atom. The lowest BCUT2D eigenvalue weighted by Crippen LogP contribution is -2.24. The van der Waals surface area contributed by atoms with Gasteiger partial charge in [-0.25, -0.2) is 4.79 Å². The van der Waals surface area contributed by atoms with Crippen LogP contribution in [0.2, 0.25) is 0 Å². The molecule has 17 heavy (non-hydrogen) atoms. The first kappa shape index (κ1) is 11.7. The first-order chi connectivity index (χ1) is 8.20. The van der Waals surface area contributed by atoms with Crippen molar-refractivity contribution in [3.8, 4) is 5.75 Å². The second kappa shape index (κ2) is 5.05. The Balaban J connectivity index is 2.00. The smallest absolute Gasteiger partial charge is 0.410 e. The van der Waals surface area contributed by atoms with Crippen LogP contribution in [0.25, 0.3) is 0 Å². The summed E-state index contributed by atoms with van der Waals surface area (Å²) < 4.78 is 5.07. The number of hydrogen-bond donors (Lipinski definition) is 2. The average molecular weight is 237 g/mol. The molecule has 0 aromatic heterocycles. The first-order valence-corrected chi connectivity index (χ1v) is 5.54. The molecule has 1 heterocycles. The van der Waals surface area contributed by atoms with Crippen LogP contribution in [0.5, 0.6) is 5.75 Å². The van der Waals surface area contributed by atoms with E-state index in [4.69, 9.17) is 9.84 Å². The maximum absolute atomic E-state index is 11.5. The molecule has 2 N–H and O–H groups in total. The molecule has 5 heteroatoms. The number of para-hydroxylation sites is 1. The number of aliphatic hydroxyl groups excluding tert-OH is 1. The van der Waals surface area contributed by atoms with E-state index >= 15 is 0 Å². The highest BCUT2D eigenvalue weighted by Gasteiger charge is 2.30. The molecule has 0 aliphatic carbocycles. The van der Waals surface area contributed by atoms with E-state index < -0.39 is 6.09 Å². The zero-order chi connectivity index (χ0) is 12.3. The summed E-state index contributed by atoms with van der Waals surface area (Å²) in [6, 6.07) is 6.89. The number of cyclic esters (lactones) is 1. The third-order valence-electron chi connectivity index (χ3n) is 2.75. The van der Waals surface area contributed by atoms with Gasteiger partial charge in [-0.3, -0.25) is 0 Å². The molecule has 5 nitrogen and oxygen atoms in total. The maximum atomic E-state index is 11.5. The molecule has 2 rings (SSSR count). The van der Waals surface area contributed by atoms with Crippen LogP contribution in [-0.2, 0) is 11.3 Å². The standard InChI is InChI=1S/C12H15NO4/c14-6-5-10-8-13(12(16)17-10)7-9-3-1-2-4-11(9)15/h1-4,10,14-15H,5-8H2. The predicted octanol–water partition coefficient (Wildman–Crippen LogP) is 1.10. The Kier molecular flexibility index (Phi) is 3.49. The van der Waals surface area contributed by atoms with Crippen molar-refractivity contribution in [1.82, 2.24) is 4.90 Å². The maximum Gasteiger partial charge on any atom is 0.410 e. The van der Waals surface area contributed by atoms with Gasteiger partial charge in [-0.2, -0.15) is 0 Å². The summed E-state index contributed by atoms with van der Waals surface area (Å²) in [7, 11) is 0. The Morgan fingerprint density at radius 1 is 1.41 bits per heavy atom. The Morgan fingerprint density at radius 3 is 2.88 bits per heavy atom. The lowest BCUT2D eigenvalue weighted by Gasteiger charge is -2.13. The van der Waals surface area contributed by atoms with Crippen LogP contribution in [0.3, 0.4) is 0 Å². The molecule has 1 fully saturated rings. The van der Waals surface area contributed by atoms with Crippen LogP contribution in [-0.4, -0.2) is 40.5 Å². The number of nitrogens with zero attached hydrogens (tertiary/aromatic N) is 1. The zero-order valence-electron chi connectivity index (χ0n) is 9.37. The predicted molar refractivity (Wildman–Crippen MR) is 60.5 cm³/mol. The van der Waals surface area contributed by atoms with Crippen molar-refractivity contribution in [3.63, 3.8) is 0 Å². The minimum atomic E-state index is -0.397. The Bertz CT molecular complexity index is 407. The van der Waals surface area contributed by atoms with Gasteiger partial charge in [0.15, 0.2) is 0 Å². The number of aliphatic hydroxyl groups is 1. The van der Waals surface area contributed by atoms with Crippen molar-refractivity contribution in [3.05, 3.63) is 29.8 Å². The monoisotopic (exact) mass is 237 g/mol. The van der Waals surface area contributed by atoms with Crippen LogP contribution in [0.1, 0.15) is 12.0 Å². The molecule has 92 valence electrons. The van der Waals surface area contributed by atoms with Gasteiger partial charge in [0.1, 0.15) is 11.9 Å². The second-order valence-electron chi connectivity index (χ2n) is 4.03. The van der Waals surface area contributed by atoms with Crippen molar-refractivity contribution in [1.29, 1.82) is 0 Å². The van der Waals surface area contributed by atoms with Crippen molar-refractivity contribution in [2.24, 2.45) is 0 Å². The van der Waals surface area contributed by atoms with E-state index in [1.54, 1.807) is 18.2 Å². The molecular weight excluding hydrogens is 222 g/mol. The molecule has 0 radical (unpaired) electrons. The van der Waals surface area contributed by atoms with Crippen molar-refractivity contribution in [2.75, 3.05) is 13.2 Å². The minimum Gasteiger partial charge on any atom is -0.508 e. The largest absolute Gasteiger partial charge is 0.508 e. The number of amides is 1. The van der Waals surface area contributed by atoms with Crippen molar-refractivity contribution in [2.45, 2.75) is 19.1 Å². The number of rotatable bonds is 4. The highest BCUT2D eigenvalue weighted by molar-refractivity contribution is 5.70. The highest BCUT2D eigenvalue weighted by Crippen LogP contribution is 2.21. The van der Waals surface area contributed by atoms with Crippen LogP contribution in [0, 0.1) is 0 Å². The van der Waals surface area contributed by atoms with E-state index in [2.05, 4.69) is 0 Å². The minimum absolute atomic E-state index is 0.00235. The highest BCUT2D eigenvalue weighted by atomic mass is 16.6. The zero-order valence-corrected chi connectivity index (χ0v) is 9.37. The number of carbonyl (C=O) groups is 1. The Labute approximate surface area is 99.2 Å². The molecule has 1 aromatic rings. The van der Waals surface area contributed by atoms with Gasteiger partial charge < -0.3 is 19.8 Å². The first-order valence-electron chi connectivity index (χ1n) is 5.54. The van der Waals surface area contributed by atoms with Gasteiger partial charge in [0.25, 0.3) is 0 Å². The molecule has 1 aromatic carbocycles. The molecule has 1 saturated heterocycles. The molecule has 1 atom stereocenters. The summed E-state index contributed by atoms with van der Waals surface area (Å²) in [5.74, 6) is 0.172. The number of ether oxygens (including phenoxy) is 1. The van der Waals surface area contributed by atoms with Crippen LogP contribution in [0.4, 0.5) is 4.79 Å². The van der Waals surface area contributed by atoms with Crippen molar-refractivity contribution >= 4 is 6.09 Å². The number of phenolic OH excluding ortho intramolecular Hbond substituents is 1. The summed E-state index contributed by atoms with van der Waals surface area (Å²) in [6.07, 6.45) is -0.201. The van der Waals surface area contributed by atoms with Gasteiger partial charge in [-0.1, -0.05) is 18.2 Å². The average Bonchev–Trinajstić information content (AvgIpc) is 2.63. The fraction of sp³-hybridized carbons (Fsp3) is 0.417. The normalized spacial score (nSPS) is 19.5. The Hall–Kier alpha value is -1.75. The van der Waals surface area contributed by atoms with Gasteiger partial charge in [-0.15, -0.1) is 0 Å². The molecule has 1 unspecified atom stereocenters. The SMILES string of the molecule is O=C1OC(CCO)CN1Cc1ccccc1O. The van der Waals surface area contributed by atoms with Crippen LogP contribution in [0.15, 0.2) is 24.3 Å². The summed E-state index contributed by atoms with van der Waals surface area (Å²) in [5, 5.41) is 18.4. The van der Waals surface area contributed by atoms with E-state index in [9.17, 15) is 9.90 Å². The van der Waals surface area contributed by atoms with Gasteiger partial charge in [0.2, 0.25) is 0 Å². The molecule has 1 amide bonds. The fourth-order valence-corrected chi connectivity index (χ4v) is 1.85. The molecule has 0 saturated carbocycles. The summed E-state index contributed by atoms with van der Waals surface area (Å²) >= 11 is 0.